The number of nitrogens with one attached hydrogen (secondary N) is 3. The van der Waals surface area contributed by atoms with E-state index in [4.69, 9.17) is 21.1 Å². The number of alkyl halides is 1. The molecule has 0 aliphatic carbocycles. The molecule has 3 aliphatic rings. The van der Waals surface area contributed by atoms with Gasteiger partial charge in [0.05, 0.1) is 0 Å². The minimum absolute atomic E-state index is 0.0238. The molecule has 0 spiro atoms. The maximum absolute atomic E-state index is 11.9. The lowest BCUT2D eigenvalue weighted by Gasteiger charge is -2.36. The van der Waals surface area contributed by atoms with Gasteiger partial charge in [-0.25, -0.2) is 19.2 Å². The van der Waals surface area contributed by atoms with Crippen molar-refractivity contribution in [3.63, 3.8) is 0 Å². The van der Waals surface area contributed by atoms with E-state index in [1.807, 2.05) is 46.4 Å². The third-order valence-electron chi connectivity index (χ3n) is 6.31. The number of rotatable bonds is 4. The van der Waals surface area contributed by atoms with Gasteiger partial charge < -0.3 is 40.1 Å². The van der Waals surface area contributed by atoms with Gasteiger partial charge in [-0.15, -0.1) is 11.6 Å². The number of urea groups is 2. The molecule has 3 heterocycles. The first kappa shape index (κ1) is 32.6. The highest BCUT2D eigenvalue weighted by atomic mass is 35.5. The number of carbonyl (C=O) groups excluding carboxylic acids is 4. The summed E-state index contributed by atoms with van der Waals surface area (Å²) in [5.41, 5.74) is -0.934. The Morgan fingerprint density at radius 3 is 1.77 bits per heavy atom. The minimum Gasteiger partial charge on any atom is -0.444 e. The molecule has 0 aromatic rings. The lowest BCUT2D eigenvalue weighted by Crippen LogP contribution is -2.50. The average Bonchev–Trinajstić information content (AvgIpc) is 3.27. The fourth-order valence-electron chi connectivity index (χ4n) is 4.45. The van der Waals surface area contributed by atoms with Crippen LogP contribution >= 0.6 is 11.6 Å². The predicted octanol–water partition coefficient (Wildman–Crippen LogP) is 3.34. The number of likely N-dealkylation sites (tertiary alicyclic amines) is 2. The summed E-state index contributed by atoms with van der Waals surface area (Å²) in [7, 11) is 0. The predicted molar refractivity (Wildman–Crippen MR) is 149 cm³/mol. The Bertz CT molecular complexity index is 830. The molecule has 3 fully saturated rings. The van der Waals surface area contributed by atoms with Gasteiger partial charge in [0.15, 0.2) is 0 Å². The fourth-order valence-corrected chi connectivity index (χ4v) is 4.55. The van der Waals surface area contributed by atoms with Crippen LogP contribution in [0.15, 0.2) is 0 Å². The molecule has 0 saturated carbocycles. The molecular weight excluding hydrogens is 528 g/mol. The van der Waals surface area contributed by atoms with Crippen molar-refractivity contribution in [2.75, 3.05) is 51.7 Å². The second kappa shape index (κ2) is 14.7. The maximum Gasteiger partial charge on any atom is 0.410 e. The summed E-state index contributed by atoms with van der Waals surface area (Å²) in [4.78, 5) is 52.2. The zero-order chi connectivity index (χ0) is 29.2. The van der Waals surface area contributed by atoms with Gasteiger partial charge in [-0.3, -0.25) is 0 Å². The van der Waals surface area contributed by atoms with Crippen LogP contribution in [0.3, 0.4) is 0 Å². The summed E-state index contributed by atoms with van der Waals surface area (Å²) >= 11 is 5.49. The van der Waals surface area contributed by atoms with Gasteiger partial charge in [0, 0.05) is 63.8 Å². The Morgan fingerprint density at radius 1 is 0.872 bits per heavy atom. The molecule has 6 amide bonds. The molecule has 0 unspecified atom stereocenters. The lowest BCUT2D eigenvalue weighted by atomic mass is 10.0. The van der Waals surface area contributed by atoms with Crippen molar-refractivity contribution in [2.24, 2.45) is 0 Å². The highest BCUT2D eigenvalue weighted by molar-refractivity contribution is 6.18. The van der Waals surface area contributed by atoms with Crippen molar-refractivity contribution in [1.29, 1.82) is 0 Å². The summed E-state index contributed by atoms with van der Waals surface area (Å²) < 4.78 is 10.7. The highest BCUT2D eigenvalue weighted by Crippen LogP contribution is 2.20. The van der Waals surface area contributed by atoms with E-state index in [1.165, 1.54) is 0 Å². The van der Waals surface area contributed by atoms with E-state index in [1.54, 1.807) is 9.80 Å². The maximum atomic E-state index is 11.9. The normalized spacial score (nSPS) is 19.1. The van der Waals surface area contributed by atoms with Crippen LogP contribution in [0.4, 0.5) is 19.2 Å². The zero-order valence-electron chi connectivity index (χ0n) is 24.3. The molecule has 0 atom stereocenters. The Morgan fingerprint density at radius 2 is 1.36 bits per heavy atom. The number of ether oxygens (including phenoxy) is 2. The van der Waals surface area contributed by atoms with Crippen LogP contribution in [0.1, 0.15) is 67.2 Å². The summed E-state index contributed by atoms with van der Waals surface area (Å²) in [6.07, 6.45) is 2.57. The molecule has 12 nitrogen and oxygen atoms in total. The third-order valence-corrected chi connectivity index (χ3v) is 6.50. The molecule has 3 rings (SSSR count). The van der Waals surface area contributed by atoms with Gasteiger partial charge >= 0.3 is 24.2 Å². The van der Waals surface area contributed by atoms with Crippen LogP contribution in [0.5, 0.6) is 0 Å². The zero-order valence-corrected chi connectivity index (χ0v) is 25.1. The van der Waals surface area contributed by atoms with Crippen molar-refractivity contribution in [3.05, 3.63) is 0 Å². The number of nitrogens with zero attached hydrogens (tertiary/aromatic N) is 3. The van der Waals surface area contributed by atoms with Crippen LogP contribution < -0.4 is 16.0 Å². The molecular formula is C26H47ClN6O6. The van der Waals surface area contributed by atoms with Crippen LogP contribution in [0.25, 0.3) is 0 Å². The van der Waals surface area contributed by atoms with Crippen LogP contribution in [-0.4, -0.2) is 114 Å². The summed E-state index contributed by atoms with van der Waals surface area (Å²) in [6.45, 7) is 15.6. The summed E-state index contributed by atoms with van der Waals surface area (Å²) in [6, 6.07) is 0.155. The van der Waals surface area contributed by atoms with Crippen molar-refractivity contribution in [1.82, 2.24) is 30.7 Å². The number of halogens is 1. The number of hydrogen-bond donors (Lipinski definition) is 3. The molecule has 3 aliphatic heterocycles. The topological polar surface area (TPSA) is 133 Å². The highest BCUT2D eigenvalue weighted by Gasteiger charge is 2.33. The van der Waals surface area contributed by atoms with E-state index in [0.717, 1.165) is 38.8 Å². The van der Waals surface area contributed by atoms with Gasteiger partial charge in [0.25, 0.3) is 0 Å². The number of piperidine rings is 2. The SMILES string of the molecule is CC(C)(C)OC(=O)N1CCC(N2CCNC2=O)CC1.CC(C)(C)OC(=O)N1CCC(NC(=O)NCCCl)CC1. The molecule has 0 bridgehead atoms. The molecule has 224 valence electrons. The quantitative estimate of drug-likeness (QED) is 0.441. The molecule has 39 heavy (non-hydrogen) atoms. The second-order valence-electron chi connectivity index (χ2n) is 12.0. The van der Waals surface area contributed by atoms with Crippen LogP contribution in [-0.2, 0) is 9.47 Å². The summed E-state index contributed by atoms with van der Waals surface area (Å²) in [5.74, 6) is 0.393. The molecule has 0 aromatic carbocycles. The van der Waals surface area contributed by atoms with E-state index in [9.17, 15) is 19.2 Å². The van der Waals surface area contributed by atoms with E-state index in [-0.39, 0.29) is 36.3 Å². The Balaban J connectivity index is 0.000000274. The lowest BCUT2D eigenvalue weighted by molar-refractivity contribution is 0.0167. The minimum atomic E-state index is -0.479. The second-order valence-corrected chi connectivity index (χ2v) is 12.3. The molecule has 0 aromatic heterocycles. The van der Waals surface area contributed by atoms with Crippen molar-refractivity contribution < 1.29 is 28.7 Å². The molecule has 3 saturated heterocycles. The Labute approximate surface area is 237 Å². The average molecular weight is 575 g/mol. The first-order valence-corrected chi connectivity index (χ1v) is 14.3. The van der Waals surface area contributed by atoms with Gasteiger partial charge in [-0.1, -0.05) is 0 Å². The monoisotopic (exact) mass is 574 g/mol. The first-order valence-electron chi connectivity index (χ1n) is 13.8. The standard InChI is InChI=1S/C13H24ClN3O3.C13H23N3O3/c1-13(2,3)20-12(19)17-8-4-10(5-9-17)16-11(18)15-7-6-14;1-13(2,3)19-12(18)15-7-4-10(5-8-15)16-9-6-14-11(16)17/h10H,4-9H2,1-3H3,(H2,15,16,18);10H,4-9H2,1-3H3,(H,14,17). The molecule has 0 radical (unpaired) electrons. The van der Waals surface area contributed by atoms with Gasteiger partial charge in [0.1, 0.15) is 11.2 Å². The number of carbonyl (C=O) groups is 4. The van der Waals surface area contributed by atoms with Crippen molar-refractivity contribution in [3.8, 4) is 0 Å². The van der Waals surface area contributed by atoms with E-state index in [0.29, 0.717) is 38.6 Å². The number of hydrogen-bond acceptors (Lipinski definition) is 6. The van der Waals surface area contributed by atoms with Gasteiger partial charge in [-0.2, -0.15) is 0 Å². The van der Waals surface area contributed by atoms with E-state index in [2.05, 4.69) is 16.0 Å². The fraction of sp³-hybridized carbons (Fsp3) is 0.846. The van der Waals surface area contributed by atoms with Gasteiger partial charge in [-0.05, 0) is 67.2 Å². The Hall–Kier alpha value is -2.63. The van der Waals surface area contributed by atoms with Gasteiger partial charge in [0.2, 0.25) is 0 Å². The largest absolute Gasteiger partial charge is 0.444 e. The smallest absolute Gasteiger partial charge is 0.410 e. The Kier molecular flexibility index (Phi) is 12.3. The van der Waals surface area contributed by atoms with E-state index >= 15 is 0 Å². The third kappa shape index (κ3) is 12.0. The van der Waals surface area contributed by atoms with Crippen molar-refractivity contribution in [2.45, 2.75) is 90.5 Å². The number of amides is 6. The summed E-state index contributed by atoms with van der Waals surface area (Å²) in [5, 5.41) is 8.35. The molecule has 3 N–H and O–H groups in total. The van der Waals surface area contributed by atoms with Crippen molar-refractivity contribution >= 4 is 35.8 Å². The molecule has 13 heteroatoms. The van der Waals surface area contributed by atoms with Crippen LogP contribution in [0.2, 0.25) is 0 Å². The van der Waals surface area contributed by atoms with E-state index < -0.39 is 11.2 Å². The first-order chi connectivity index (χ1) is 18.2. The van der Waals surface area contributed by atoms with Crippen LogP contribution in [0, 0.1) is 0 Å².